The van der Waals surface area contributed by atoms with Gasteiger partial charge >= 0.3 is 0 Å². The first-order chi connectivity index (χ1) is 8.58. The number of halogens is 2. The Bertz CT molecular complexity index is 569. The van der Waals surface area contributed by atoms with Crippen molar-refractivity contribution in [3.05, 3.63) is 47.3 Å². The third-order valence-electron chi connectivity index (χ3n) is 2.33. The Labute approximate surface area is 101 Å². The van der Waals surface area contributed by atoms with Crippen LogP contribution in [0.4, 0.5) is 14.5 Å². The Kier molecular flexibility index (Phi) is 3.22. The number of aromatic nitrogens is 2. The zero-order valence-electron chi connectivity index (χ0n) is 9.21. The fourth-order valence-electron chi connectivity index (χ4n) is 1.39. The number of amides is 1. The van der Waals surface area contributed by atoms with Crippen LogP contribution < -0.4 is 11.1 Å². The van der Waals surface area contributed by atoms with Crippen molar-refractivity contribution in [2.75, 3.05) is 5.73 Å². The standard InChI is InChI=1S/C11H10F2N4O/c12-8-4-9(13)10(14)3-7(8)11(18)15-5-6-1-2-16-17-6/h1-4H,5,14H2,(H,15,18)(H,16,17). The van der Waals surface area contributed by atoms with Crippen LogP contribution in [-0.2, 0) is 6.54 Å². The number of nitrogens with two attached hydrogens (primary N) is 1. The Morgan fingerprint density at radius 2 is 2.17 bits per heavy atom. The van der Waals surface area contributed by atoms with E-state index in [0.29, 0.717) is 11.8 Å². The number of nitrogens with one attached hydrogen (secondary N) is 2. The average Bonchev–Trinajstić information content (AvgIpc) is 2.84. The summed E-state index contributed by atoms with van der Waals surface area (Å²) in [5.74, 6) is -2.52. The molecule has 0 atom stereocenters. The van der Waals surface area contributed by atoms with E-state index >= 15 is 0 Å². The number of carbonyl (C=O) groups is 1. The maximum Gasteiger partial charge on any atom is 0.254 e. The Morgan fingerprint density at radius 3 is 2.83 bits per heavy atom. The van der Waals surface area contributed by atoms with Crippen molar-refractivity contribution in [2.45, 2.75) is 6.54 Å². The van der Waals surface area contributed by atoms with Crippen LogP contribution in [0.25, 0.3) is 0 Å². The highest BCUT2D eigenvalue weighted by molar-refractivity contribution is 5.95. The number of benzene rings is 1. The minimum atomic E-state index is -0.955. The second-order valence-electron chi connectivity index (χ2n) is 3.62. The highest BCUT2D eigenvalue weighted by Gasteiger charge is 2.14. The number of carbonyl (C=O) groups excluding carboxylic acids is 1. The number of hydrogen-bond donors (Lipinski definition) is 3. The number of nitrogens with zero attached hydrogens (tertiary/aromatic N) is 1. The molecule has 18 heavy (non-hydrogen) atoms. The fraction of sp³-hybridized carbons (Fsp3) is 0.0909. The predicted molar refractivity (Wildman–Crippen MR) is 60.5 cm³/mol. The molecule has 0 bridgehead atoms. The molecule has 0 saturated carbocycles. The summed E-state index contributed by atoms with van der Waals surface area (Å²) in [6, 6.07) is 3.21. The SMILES string of the molecule is Nc1cc(C(=O)NCc2ccn[nH]2)c(F)cc1F. The average molecular weight is 252 g/mol. The van der Waals surface area contributed by atoms with Crippen LogP contribution in [-0.4, -0.2) is 16.1 Å². The van der Waals surface area contributed by atoms with E-state index in [1.54, 1.807) is 6.07 Å². The third-order valence-corrected chi connectivity index (χ3v) is 2.33. The molecule has 1 aromatic carbocycles. The molecular formula is C11H10F2N4O. The van der Waals surface area contributed by atoms with Gasteiger partial charge in [-0.05, 0) is 12.1 Å². The van der Waals surface area contributed by atoms with Crippen LogP contribution in [0, 0.1) is 11.6 Å². The maximum atomic E-state index is 13.4. The lowest BCUT2D eigenvalue weighted by molar-refractivity contribution is 0.0946. The minimum Gasteiger partial charge on any atom is -0.396 e. The monoisotopic (exact) mass is 252 g/mol. The van der Waals surface area contributed by atoms with Gasteiger partial charge < -0.3 is 11.1 Å². The van der Waals surface area contributed by atoms with E-state index in [4.69, 9.17) is 5.73 Å². The first-order valence-electron chi connectivity index (χ1n) is 5.09. The van der Waals surface area contributed by atoms with E-state index in [2.05, 4.69) is 15.5 Å². The third kappa shape index (κ3) is 2.45. The Morgan fingerprint density at radius 1 is 1.39 bits per heavy atom. The minimum absolute atomic E-state index is 0.162. The molecule has 0 radical (unpaired) electrons. The number of anilines is 1. The Hall–Kier alpha value is -2.44. The molecule has 0 aliphatic heterocycles. The molecule has 2 rings (SSSR count). The second-order valence-corrected chi connectivity index (χ2v) is 3.62. The van der Waals surface area contributed by atoms with Gasteiger partial charge in [0.2, 0.25) is 0 Å². The molecule has 0 aliphatic carbocycles. The van der Waals surface area contributed by atoms with Gasteiger partial charge in [-0.1, -0.05) is 0 Å². The van der Waals surface area contributed by atoms with Crippen molar-refractivity contribution in [1.82, 2.24) is 15.5 Å². The van der Waals surface area contributed by atoms with E-state index in [0.717, 1.165) is 6.07 Å². The number of rotatable bonds is 3. The summed E-state index contributed by atoms with van der Waals surface area (Å²) in [6.45, 7) is 0.162. The van der Waals surface area contributed by atoms with Gasteiger partial charge in [0.15, 0.2) is 0 Å². The van der Waals surface area contributed by atoms with E-state index in [1.165, 1.54) is 6.20 Å². The van der Waals surface area contributed by atoms with Crippen LogP contribution >= 0.6 is 0 Å². The van der Waals surface area contributed by atoms with Crippen molar-refractivity contribution in [1.29, 1.82) is 0 Å². The zero-order valence-corrected chi connectivity index (χ0v) is 9.21. The molecule has 1 heterocycles. The molecule has 94 valence electrons. The number of aromatic amines is 1. The highest BCUT2D eigenvalue weighted by Crippen LogP contribution is 2.16. The summed E-state index contributed by atoms with van der Waals surface area (Å²) >= 11 is 0. The quantitative estimate of drug-likeness (QED) is 0.718. The predicted octanol–water partition coefficient (Wildman–Crippen LogP) is 1.20. The van der Waals surface area contributed by atoms with Gasteiger partial charge in [0.05, 0.1) is 23.5 Å². The van der Waals surface area contributed by atoms with Crippen molar-refractivity contribution in [2.24, 2.45) is 0 Å². The topological polar surface area (TPSA) is 83.8 Å². The molecule has 4 N–H and O–H groups in total. The molecule has 0 spiro atoms. The summed E-state index contributed by atoms with van der Waals surface area (Å²) < 4.78 is 26.3. The molecule has 7 heteroatoms. The molecule has 0 aliphatic rings. The first kappa shape index (κ1) is 12.0. The normalized spacial score (nSPS) is 10.3. The van der Waals surface area contributed by atoms with E-state index in [9.17, 15) is 13.6 Å². The summed E-state index contributed by atoms with van der Waals surface area (Å²) in [5, 5.41) is 8.79. The molecule has 0 unspecified atom stereocenters. The van der Waals surface area contributed by atoms with Crippen molar-refractivity contribution < 1.29 is 13.6 Å². The number of nitrogen functional groups attached to an aromatic ring is 1. The van der Waals surface area contributed by atoms with Gasteiger partial charge in [-0.15, -0.1) is 0 Å². The van der Waals surface area contributed by atoms with E-state index < -0.39 is 17.5 Å². The number of hydrogen-bond acceptors (Lipinski definition) is 3. The van der Waals surface area contributed by atoms with Crippen molar-refractivity contribution in [3.63, 3.8) is 0 Å². The summed E-state index contributed by atoms with van der Waals surface area (Å²) in [7, 11) is 0. The number of H-pyrrole nitrogens is 1. The van der Waals surface area contributed by atoms with Crippen LogP contribution in [0.15, 0.2) is 24.4 Å². The smallest absolute Gasteiger partial charge is 0.254 e. The van der Waals surface area contributed by atoms with Gasteiger partial charge in [0.25, 0.3) is 5.91 Å². The highest BCUT2D eigenvalue weighted by atomic mass is 19.1. The lowest BCUT2D eigenvalue weighted by Gasteiger charge is -2.06. The van der Waals surface area contributed by atoms with E-state index in [1.807, 2.05) is 0 Å². The van der Waals surface area contributed by atoms with Crippen molar-refractivity contribution >= 4 is 11.6 Å². The maximum absolute atomic E-state index is 13.4. The van der Waals surface area contributed by atoms with E-state index in [-0.39, 0.29) is 17.8 Å². The molecule has 5 nitrogen and oxygen atoms in total. The summed E-state index contributed by atoms with van der Waals surface area (Å²) in [5.41, 5.74) is 5.37. The van der Waals surface area contributed by atoms with Gasteiger partial charge in [0, 0.05) is 12.3 Å². The van der Waals surface area contributed by atoms with Gasteiger partial charge in [-0.25, -0.2) is 8.78 Å². The lowest BCUT2D eigenvalue weighted by Crippen LogP contribution is -2.24. The molecule has 1 amide bonds. The first-order valence-corrected chi connectivity index (χ1v) is 5.09. The molecule has 1 aromatic heterocycles. The fourth-order valence-corrected chi connectivity index (χ4v) is 1.39. The second kappa shape index (κ2) is 4.82. The lowest BCUT2D eigenvalue weighted by atomic mass is 10.1. The van der Waals surface area contributed by atoms with Crippen LogP contribution in [0.3, 0.4) is 0 Å². The molecule has 0 fully saturated rings. The molecular weight excluding hydrogens is 242 g/mol. The van der Waals surface area contributed by atoms with Crippen molar-refractivity contribution in [3.8, 4) is 0 Å². The Balaban J connectivity index is 2.11. The van der Waals surface area contributed by atoms with Gasteiger partial charge in [-0.3, -0.25) is 9.89 Å². The molecule has 2 aromatic rings. The summed E-state index contributed by atoms with van der Waals surface area (Å²) in [6.07, 6.45) is 1.53. The van der Waals surface area contributed by atoms with Gasteiger partial charge in [0.1, 0.15) is 11.6 Å². The van der Waals surface area contributed by atoms with Crippen LogP contribution in [0.1, 0.15) is 16.1 Å². The molecule has 0 saturated heterocycles. The van der Waals surface area contributed by atoms with Crippen LogP contribution in [0.5, 0.6) is 0 Å². The summed E-state index contributed by atoms with van der Waals surface area (Å²) in [4.78, 5) is 11.7. The largest absolute Gasteiger partial charge is 0.396 e. The zero-order chi connectivity index (χ0) is 13.1. The van der Waals surface area contributed by atoms with Gasteiger partial charge in [-0.2, -0.15) is 5.10 Å². The van der Waals surface area contributed by atoms with Crippen LogP contribution in [0.2, 0.25) is 0 Å².